The zero-order chi connectivity index (χ0) is 13.5. The monoisotopic (exact) mass is 249 g/mol. The number of ether oxygens (including phenoxy) is 1. The largest absolute Gasteiger partial charge is 0.496 e. The second kappa shape index (κ2) is 7.42. The first kappa shape index (κ1) is 15.0. The zero-order valence-electron chi connectivity index (χ0n) is 12.4. The van der Waals surface area contributed by atoms with Crippen LogP contribution in [-0.4, -0.2) is 19.2 Å². The fraction of sp³-hybridized carbons (Fsp3) is 0.625. The highest BCUT2D eigenvalue weighted by molar-refractivity contribution is 5.33. The van der Waals surface area contributed by atoms with Gasteiger partial charge in [0.05, 0.1) is 7.11 Å². The molecule has 2 atom stereocenters. The van der Waals surface area contributed by atoms with Crippen LogP contribution in [0.1, 0.15) is 39.7 Å². The number of methoxy groups -OCH3 is 1. The third-order valence-electron chi connectivity index (χ3n) is 3.46. The number of rotatable bonds is 7. The van der Waals surface area contributed by atoms with E-state index in [1.807, 2.05) is 12.1 Å². The second-order valence-corrected chi connectivity index (χ2v) is 5.34. The van der Waals surface area contributed by atoms with Gasteiger partial charge in [0.25, 0.3) is 0 Å². The van der Waals surface area contributed by atoms with Crippen LogP contribution in [0.4, 0.5) is 0 Å². The van der Waals surface area contributed by atoms with Gasteiger partial charge in [-0.05, 0) is 37.3 Å². The summed E-state index contributed by atoms with van der Waals surface area (Å²) < 4.78 is 5.40. The van der Waals surface area contributed by atoms with Gasteiger partial charge in [-0.25, -0.2) is 0 Å². The summed E-state index contributed by atoms with van der Waals surface area (Å²) in [7, 11) is 1.74. The molecule has 0 aromatic heterocycles. The Morgan fingerprint density at radius 3 is 2.39 bits per heavy atom. The van der Waals surface area contributed by atoms with Gasteiger partial charge in [-0.1, -0.05) is 39.0 Å². The molecule has 0 radical (unpaired) electrons. The molecule has 0 fully saturated rings. The Morgan fingerprint density at radius 2 is 1.83 bits per heavy atom. The standard InChI is InChI=1S/C16H27NO/c1-6-15(12(2)3)17-13(4)11-14-9-7-8-10-16(14)18-5/h7-10,12-13,15,17H,6,11H2,1-5H3. The van der Waals surface area contributed by atoms with Crippen LogP contribution in [0.25, 0.3) is 0 Å². The summed E-state index contributed by atoms with van der Waals surface area (Å²) >= 11 is 0. The molecule has 18 heavy (non-hydrogen) atoms. The van der Waals surface area contributed by atoms with Gasteiger partial charge in [-0.3, -0.25) is 0 Å². The van der Waals surface area contributed by atoms with Gasteiger partial charge in [0.1, 0.15) is 5.75 Å². The summed E-state index contributed by atoms with van der Waals surface area (Å²) in [4.78, 5) is 0. The molecule has 1 aromatic carbocycles. The lowest BCUT2D eigenvalue weighted by Crippen LogP contribution is -2.40. The van der Waals surface area contributed by atoms with E-state index >= 15 is 0 Å². The van der Waals surface area contributed by atoms with Crippen LogP contribution in [0.3, 0.4) is 0 Å². The highest BCUT2D eigenvalue weighted by atomic mass is 16.5. The highest BCUT2D eigenvalue weighted by Crippen LogP contribution is 2.19. The second-order valence-electron chi connectivity index (χ2n) is 5.34. The lowest BCUT2D eigenvalue weighted by molar-refractivity contribution is 0.347. The van der Waals surface area contributed by atoms with Crippen LogP contribution < -0.4 is 10.1 Å². The van der Waals surface area contributed by atoms with Crippen molar-refractivity contribution >= 4 is 0 Å². The SMILES string of the molecule is CCC(NC(C)Cc1ccccc1OC)C(C)C. The van der Waals surface area contributed by atoms with Gasteiger partial charge in [0.15, 0.2) is 0 Å². The summed E-state index contributed by atoms with van der Waals surface area (Å²) in [5, 5.41) is 3.71. The molecule has 2 nitrogen and oxygen atoms in total. The van der Waals surface area contributed by atoms with E-state index in [0.717, 1.165) is 12.2 Å². The maximum Gasteiger partial charge on any atom is 0.122 e. The van der Waals surface area contributed by atoms with Crippen molar-refractivity contribution in [1.29, 1.82) is 0 Å². The minimum Gasteiger partial charge on any atom is -0.496 e. The van der Waals surface area contributed by atoms with E-state index in [4.69, 9.17) is 4.74 Å². The minimum absolute atomic E-state index is 0.466. The van der Waals surface area contributed by atoms with Crippen molar-refractivity contribution in [3.63, 3.8) is 0 Å². The van der Waals surface area contributed by atoms with Crippen LogP contribution in [0.5, 0.6) is 5.75 Å². The lowest BCUT2D eigenvalue weighted by atomic mass is 9.99. The summed E-state index contributed by atoms with van der Waals surface area (Å²) in [5.41, 5.74) is 1.28. The quantitative estimate of drug-likeness (QED) is 0.796. The van der Waals surface area contributed by atoms with Gasteiger partial charge in [0.2, 0.25) is 0 Å². The normalized spacial score (nSPS) is 14.6. The fourth-order valence-electron chi connectivity index (χ4n) is 2.41. The van der Waals surface area contributed by atoms with Crippen LogP contribution in [0.2, 0.25) is 0 Å². The van der Waals surface area contributed by atoms with Crippen molar-refractivity contribution in [2.75, 3.05) is 7.11 Å². The van der Waals surface area contributed by atoms with Crippen LogP contribution in [-0.2, 0) is 6.42 Å². The smallest absolute Gasteiger partial charge is 0.122 e. The van der Waals surface area contributed by atoms with Crippen molar-refractivity contribution in [2.24, 2.45) is 5.92 Å². The van der Waals surface area contributed by atoms with Crippen LogP contribution in [0.15, 0.2) is 24.3 Å². The molecule has 0 aliphatic rings. The van der Waals surface area contributed by atoms with Crippen LogP contribution in [0, 0.1) is 5.92 Å². The molecule has 0 aliphatic heterocycles. The third-order valence-corrected chi connectivity index (χ3v) is 3.46. The van der Waals surface area contributed by atoms with E-state index in [-0.39, 0.29) is 0 Å². The van der Waals surface area contributed by atoms with Crippen molar-refractivity contribution in [1.82, 2.24) is 5.32 Å². The first-order valence-electron chi connectivity index (χ1n) is 6.96. The molecule has 1 rings (SSSR count). The predicted octanol–water partition coefficient (Wildman–Crippen LogP) is 3.65. The first-order chi connectivity index (χ1) is 8.58. The maximum atomic E-state index is 5.40. The van der Waals surface area contributed by atoms with Gasteiger partial charge in [-0.2, -0.15) is 0 Å². The molecule has 0 amide bonds. The molecule has 1 N–H and O–H groups in total. The van der Waals surface area contributed by atoms with Crippen molar-refractivity contribution < 1.29 is 4.74 Å². The van der Waals surface area contributed by atoms with Crippen molar-refractivity contribution in [3.05, 3.63) is 29.8 Å². The average Bonchev–Trinajstić information content (AvgIpc) is 2.36. The van der Waals surface area contributed by atoms with E-state index in [1.165, 1.54) is 12.0 Å². The Bertz CT molecular complexity index is 349. The summed E-state index contributed by atoms with van der Waals surface area (Å²) in [6, 6.07) is 9.33. The van der Waals surface area contributed by atoms with Crippen LogP contribution >= 0.6 is 0 Å². The molecule has 0 spiro atoms. The summed E-state index contributed by atoms with van der Waals surface area (Å²) in [6.45, 7) is 9.04. The Labute approximate surface area is 112 Å². The van der Waals surface area contributed by atoms with E-state index in [9.17, 15) is 0 Å². The summed E-state index contributed by atoms with van der Waals surface area (Å²) in [6.07, 6.45) is 2.18. The first-order valence-corrected chi connectivity index (χ1v) is 6.96. The van der Waals surface area contributed by atoms with Gasteiger partial charge in [0, 0.05) is 12.1 Å². The van der Waals surface area contributed by atoms with E-state index in [0.29, 0.717) is 18.0 Å². The van der Waals surface area contributed by atoms with Gasteiger partial charge < -0.3 is 10.1 Å². The highest BCUT2D eigenvalue weighted by Gasteiger charge is 2.15. The topological polar surface area (TPSA) is 21.3 Å². The molecule has 0 aliphatic carbocycles. The van der Waals surface area contributed by atoms with E-state index < -0.39 is 0 Å². The molecule has 2 unspecified atom stereocenters. The van der Waals surface area contributed by atoms with Gasteiger partial charge in [-0.15, -0.1) is 0 Å². The van der Waals surface area contributed by atoms with E-state index in [1.54, 1.807) is 7.11 Å². The Kier molecular flexibility index (Phi) is 6.20. The van der Waals surface area contributed by atoms with E-state index in [2.05, 4.69) is 45.1 Å². The summed E-state index contributed by atoms with van der Waals surface area (Å²) in [5.74, 6) is 1.67. The Balaban J connectivity index is 2.61. The minimum atomic E-state index is 0.466. The predicted molar refractivity (Wildman–Crippen MR) is 78.2 cm³/mol. The molecule has 0 bridgehead atoms. The van der Waals surface area contributed by atoms with Crippen molar-refractivity contribution in [3.8, 4) is 5.75 Å². The molecule has 0 saturated carbocycles. The number of hydrogen-bond donors (Lipinski definition) is 1. The van der Waals surface area contributed by atoms with Crippen molar-refractivity contribution in [2.45, 2.75) is 52.6 Å². The zero-order valence-corrected chi connectivity index (χ0v) is 12.4. The molecule has 2 heteroatoms. The molecule has 102 valence electrons. The van der Waals surface area contributed by atoms with Gasteiger partial charge >= 0.3 is 0 Å². The lowest BCUT2D eigenvalue weighted by Gasteiger charge is -2.25. The fourth-order valence-corrected chi connectivity index (χ4v) is 2.41. The molecule has 0 heterocycles. The third kappa shape index (κ3) is 4.34. The number of para-hydroxylation sites is 1. The molecular formula is C16H27NO. The Hall–Kier alpha value is -1.02. The number of benzene rings is 1. The number of nitrogens with one attached hydrogen (secondary N) is 1. The molecular weight excluding hydrogens is 222 g/mol. The maximum absolute atomic E-state index is 5.40. The Morgan fingerprint density at radius 1 is 1.17 bits per heavy atom. The number of hydrogen-bond acceptors (Lipinski definition) is 2. The molecule has 1 aromatic rings. The average molecular weight is 249 g/mol. The molecule has 0 saturated heterocycles.